The van der Waals surface area contributed by atoms with Crippen LogP contribution in [0.25, 0.3) is 0 Å². The zero-order chi connectivity index (χ0) is 18.1. The first kappa shape index (κ1) is 16.3. The zero-order valence-electron chi connectivity index (χ0n) is 15.3. The van der Waals surface area contributed by atoms with Gasteiger partial charge in [-0.1, -0.05) is 29.8 Å². The average Bonchev–Trinajstić information content (AvgIpc) is 3.06. The van der Waals surface area contributed by atoms with Gasteiger partial charge in [0.1, 0.15) is 5.41 Å². The van der Waals surface area contributed by atoms with Crippen LogP contribution < -0.4 is 5.32 Å². The number of esters is 1. The number of carbonyl (C=O) groups excluding carboxylic acids is 1. The number of methoxy groups -OCH3 is 1. The van der Waals surface area contributed by atoms with E-state index in [1.807, 2.05) is 6.92 Å². The highest BCUT2D eigenvalue weighted by atomic mass is 16.5. The number of hydrogen-bond donors (Lipinski definition) is 2. The number of anilines is 1. The summed E-state index contributed by atoms with van der Waals surface area (Å²) in [6, 6.07) is 9.34. The number of ether oxygens (including phenoxy) is 1. The molecule has 4 bridgehead atoms. The minimum absolute atomic E-state index is 0.0293. The molecule has 1 aromatic carbocycles. The Morgan fingerprint density at radius 3 is 2.96 bits per heavy atom. The number of nitrogens with one attached hydrogen (secondary N) is 1. The summed E-state index contributed by atoms with van der Waals surface area (Å²) in [5.74, 6) is 0.202. The van der Waals surface area contributed by atoms with Crippen LogP contribution in [-0.2, 0) is 9.53 Å². The second kappa shape index (κ2) is 5.57. The van der Waals surface area contributed by atoms with Crippen LogP contribution in [0.15, 0.2) is 35.9 Å². The number of rotatable bonds is 2. The van der Waals surface area contributed by atoms with Crippen molar-refractivity contribution in [2.24, 2.45) is 11.3 Å². The molecule has 0 saturated carbocycles. The monoisotopic (exact) mass is 354 g/mol. The van der Waals surface area contributed by atoms with E-state index in [0.717, 1.165) is 19.4 Å². The Kier molecular flexibility index (Phi) is 3.50. The molecular weight excluding hydrogens is 328 g/mol. The van der Waals surface area contributed by atoms with Crippen molar-refractivity contribution in [2.75, 3.05) is 25.6 Å². The maximum absolute atomic E-state index is 13.0. The molecule has 0 radical (unpaired) electrons. The lowest BCUT2D eigenvalue weighted by Crippen LogP contribution is -2.75. The van der Waals surface area contributed by atoms with Crippen LogP contribution in [0, 0.1) is 11.3 Å². The zero-order valence-corrected chi connectivity index (χ0v) is 15.3. The Morgan fingerprint density at radius 2 is 2.23 bits per heavy atom. The molecule has 0 amide bonds. The molecule has 5 aliphatic heterocycles. The lowest BCUT2D eigenvalue weighted by atomic mass is 9.53. The third kappa shape index (κ3) is 1.80. The molecule has 4 fully saturated rings. The standard InChI is InChI=1S/C21H26N2O3/c1-3-12-10-23-17-9-15(12)21(11-24,20(25)26-2)18(23)8-14-13-6-4-5-7-16(13)22-19(14)17/h3-7,14-15,17-19,22,24H,8-11H2,1-2H3/b12-3+/t14?,15-,17-,18-,19?,21?/m0/s1. The maximum Gasteiger partial charge on any atom is 0.316 e. The molecular formula is C21H26N2O3. The largest absolute Gasteiger partial charge is 0.468 e. The molecule has 5 heteroatoms. The quantitative estimate of drug-likeness (QED) is 0.629. The predicted molar refractivity (Wildman–Crippen MR) is 98.9 cm³/mol. The number of benzene rings is 1. The van der Waals surface area contributed by atoms with Gasteiger partial charge in [0.2, 0.25) is 0 Å². The van der Waals surface area contributed by atoms with Gasteiger partial charge in [0, 0.05) is 42.2 Å². The van der Waals surface area contributed by atoms with Gasteiger partial charge < -0.3 is 15.2 Å². The van der Waals surface area contributed by atoms with Gasteiger partial charge in [0.25, 0.3) is 0 Å². The Balaban J connectivity index is 1.63. The molecule has 138 valence electrons. The fourth-order valence-corrected chi connectivity index (χ4v) is 6.42. The van der Waals surface area contributed by atoms with Gasteiger partial charge in [-0.2, -0.15) is 0 Å². The van der Waals surface area contributed by atoms with E-state index in [1.54, 1.807) is 0 Å². The second-order valence-electron chi connectivity index (χ2n) is 8.20. The summed E-state index contributed by atoms with van der Waals surface area (Å²) in [6.07, 6.45) is 3.91. The van der Waals surface area contributed by atoms with Crippen molar-refractivity contribution in [2.45, 2.75) is 43.8 Å². The number of fused-ring (bicyclic) bond motifs is 4. The van der Waals surface area contributed by atoms with Gasteiger partial charge in [-0.25, -0.2) is 0 Å². The second-order valence-corrected chi connectivity index (χ2v) is 8.20. The van der Waals surface area contributed by atoms with Gasteiger partial charge in [0.15, 0.2) is 0 Å². The fraction of sp³-hybridized carbons (Fsp3) is 0.571. The summed E-state index contributed by atoms with van der Waals surface area (Å²) in [7, 11) is 1.45. The van der Waals surface area contributed by atoms with Crippen molar-refractivity contribution in [1.29, 1.82) is 0 Å². The third-order valence-electron chi connectivity index (χ3n) is 7.54. The van der Waals surface area contributed by atoms with Crippen molar-refractivity contribution in [1.82, 2.24) is 4.90 Å². The normalized spacial score (nSPS) is 43.6. The summed E-state index contributed by atoms with van der Waals surface area (Å²) >= 11 is 0. The fourth-order valence-electron chi connectivity index (χ4n) is 6.42. The van der Waals surface area contributed by atoms with Crippen LogP contribution in [-0.4, -0.2) is 54.4 Å². The molecule has 5 aliphatic rings. The van der Waals surface area contributed by atoms with E-state index in [4.69, 9.17) is 4.74 Å². The number of hydrogen-bond acceptors (Lipinski definition) is 5. The Hall–Kier alpha value is -1.85. The molecule has 0 spiro atoms. The summed E-state index contributed by atoms with van der Waals surface area (Å²) in [4.78, 5) is 15.4. The van der Waals surface area contributed by atoms with Crippen LogP contribution in [0.3, 0.4) is 0 Å². The highest BCUT2D eigenvalue weighted by Gasteiger charge is 2.67. The number of allylic oxidation sites excluding steroid dienone is 1. The van der Waals surface area contributed by atoms with E-state index >= 15 is 0 Å². The Morgan fingerprint density at radius 1 is 1.42 bits per heavy atom. The Bertz CT molecular complexity index is 791. The minimum Gasteiger partial charge on any atom is -0.468 e. The summed E-state index contributed by atoms with van der Waals surface area (Å²) in [5.41, 5.74) is 3.01. The van der Waals surface area contributed by atoms with Gasteiger partial charge in [-0.15, -0.1) is 0 Å². The molecule has 2 N–H and O–H groups in total. The smallest absolute Gasteiger partial charge is 0.316 e. The molecule has 0 aromatic heterocycles. The topological polar surface area (TPSA) is 61.8 Å². The van der Waals surface area contributed by atoms with E-state index in [2.05, 4.69) is 40.6 Å². The van der Waals surface area contributed by atoms with E-state index in [1.165, 1.54) is 23.9 Å². The first-order chi connectivity index (χ1) is 12.7. The van der Waals surface area contributed by atoms with E-state index in [0.29, 0.717) is 18.0 Å². The minimum atomic E-state index is -0.839. The summed E-state index contributed by atoms with van der Waals surface area (Å²) in [6.45, 7) is 2.79. The van der Waals surface area contributed by atoms with Gasteiger partial charge in [0.05, 0.1) is 13.7 Å². The van der Waals surface area contributed by atoms with Crippen LogP contribution >= 0.6 is 0 Å². The van der Waals surface area contributed by atoms with Gasteiger partial charge in [-0.05, 0) is 31.4 Å². The molecule has 4 saturated heterocycles. The van der Waals surface area contributed by atoms with E-state index in [9.17, 15) is 9.90 Å². The number of piperidine rings is 4. The van der Waals surface area contributed by atoms with Crippen LogP contribution in [0.2, 0.25) is 0 Å². The summed E-state index contributed by atoms with van der Waals surface area (Å²) in [5, 5.41) is 14.2. The number of aliphatic hydroxyl groups is 1. The van der Waals surface area contributed by atoms with Gasteiger partial charge >= 0.3 is 5.97 Å². The number of para-hydroxylation sites is 1. The van der Waals surface area contributed by atoms with Crippen molar-refractivity contribution < 1.29 is 14.6 Å². The van der Waals surface area contributed by atoms with Crippen LogP contribution in [0.5, 0.6) is 0 Å². The number of carbonyl (C=O) groups is 1. The average molecular weight is 354 g/mol. The van der Waals surface area contributed by atoms with Gasteiger partial charge in [-0.3, -0.25) is 9.69 Å². The van der Waals surface area contributed by atoms with Crippen molar-refractivity contribution >= 4 is 11.7 Å². The highest BCUT2D eigenvalue weighted by Crippen LogP contribution is 2.60. The van der Waals surface area contributed by atoms with Crippen LogP contribution in [0.1, 0.15) is 31.2 Å². The molecule has 1 aromatic rings. The number of nitrogens with zero attached hydrogens (tertiary/aromatic N) is 1. The molecule has 5 heterocycles. The van der Waals surface area contributed by atoms with E-state index < -0.39 is 5.41 Å². The highest BCUT2D eigenvalue weighted by molar-refractivity contribution is 5.80. The molecule has 4 unspecified atom stereocenters. The maximum atomic E-state index is 13.0. The molecule has 26 heavy (non-hydrogen) atoms. The van der Waals surface area contributed by atoms with Crippen molar-refractivity contribution in [3.8, 4) is 0 Å². The predicted octanol–water partition coefficient (Wildman–Crippen LogP) is 2.14. The molecule has 5 nitrogen and oxygen atoms in total. The van der Waals surface area contributed by atoms with Crippen LogP contribution in [0.4, 0.5) is 5.69 Å². The third-order valence-corrected chi connectivity index (χ3v) is 7.54. The van der Waals surface area contributed by atoms with E-state index in [-0.39, 0.29) is 24.5 Å². The van der Waals surface area contributed by atoms with Crippen molar-refractivity contribution in [3.63, 3.8) is 0 Å². The van der Waals surface area contributed by atoms with Crippen molar-refractivity contribution in [3.05, 3.63) is 41.5 Å². The SMILES string of the molecule is C/C=C1\CN2[C@H]3CC4c5ccccc5NC4[C@@H]2C[C@@H]1C3(CO)C(=O)OC. The molecule has 6 rings (SSSR count). The lowest BCUT2D eigenvalue weighted by molar-refractivity contribution is -0.188. The number of aliphatic hydroxyl groups excluding tert-OH is 1. The Labute approximate surface area is 154 Å². The lowest BCUT2D eigenvalue weighted by Gasteiger charge is -2.65. The summed E-state index contributed by atoms with van der Waals surface area (Å²) < 4.78 is 5.23. The molecule has 0 aliphatic carbocycles. The first-order valence-electron chi connectivity index (χ1n) is 9.61. The first-order valence-corrected chi connectivity index (χ1v) is 9.61. The molecule has 7 atom stereocenters.